The van der Waals surface area contributed by atoms with E-state index in [-0.39, 0.29) is 54.6 Å². The van der Waals surface area contributed by atoms with E-state index in [4.69, 9.17) is 14.6 Å². The number of esters is 3. The third-order valence-corrected chi connectivity index (χ3v) is 13.8. The van der Waals surface area contributed by atoms with Crippen molar-refractivity contribution in [3.05, 3.63) is 72.1 Å². The molecular formula is C51H75NO8. The quantitative estimate of drug-likeness (QED) is 0.0496. The number of carboxylic acids is 1. The van der Waals surface area contributed by atoms with Gasteiger partial charge < -0.3 is 19.3 Å². The molecule has 1 aromatic heterocycles. The highest BCUT2D eigenvalue weighted by Gasteiger charge is 2.57. The second-order valence-corrected chi connectivity index (χ2v) is 17.9. The van der Waals surface area contributed by atoms with Gasteiger partial charge >= 0.3 is 23.9 Å². The van der Waals surface area contributed by atoms with Crippen LogP contribution in [0.2, 0.25) is 0 Å². The number of allylic oxidation sites excluding steroid dienone is 7. The molecule has 1 heterocycles. The fourth-order valence-electron chi connectivity index (χ4n) is 10.4. The highest BCUT2D eigenvalue weighted by molar-refractivity contribution is 5.78. The largest absolute Gasteiger partial charge is 0.481 e. The first-order valence-electron chi connectivity index (χ1n) is 23.3. The third-order valence-electron chi connectivity index (χ3n) is 13.8. The van der Waals surface area contributed by atoms with Gasteiger partial charge in [-0.2, -0.15) is 0 Å². The van der Waals surface area contributed by atoms with Crippen LogP contribution in [0.15, 0.2) is 66.6 Å². The topological polar surface area (TPSA) is 129 Å². The van der Waals surface area contributed by atoms with Crippen molar-refractivity contribution in [2.45, 2.75) is 175 Å². The molecule has 2 fully saturated rings. The van der Waals surface area contributed by atoms with Gasteiger partial charge in [0.25, 0.3) is 0 Å². The number of ether oxygens (including phenoxy) is 3. The Morgan fingerprint density at radius 3 is 2.17 bits per heavy atom. The molecule has 0 radical (unpaired) electrons. The van der Waals surface area contributed by atoms with E-state index in [1.54, 1.807) is 0 Å². The summed E-state index contributed by atoms with van der Waals surface area (Å²) < 4.78 is 15.6. The summed E-state index contributed by atoms with van der Waals surface area (Å²) in [7, 11) is 1.23. The molecule has 9 nitrogen and oxygen atoms in total. The van der Waals surface area contributed by atoms with Crippen molar-refractivity contribution in [1.29, 1.82) is 0 Å². The van der Waals surface area contributed by atoms with Crippen LogP contribution in [0, 0.1) is 28.6 Å². The lowest BCUT2D eigenvalue weighted by Crippen LogP contribution is -2.50. The smallest absolute Gasteiger partial charge is 0.306 e. The summed E-state index contributed by atoms with van der Waals surface area (Å²) in [6, 6.07) is 4.29. The molecule has 0 aromatic carbocycles. The van der Waals surface area contributed by atoms with E-state index in [2.05, 4.69) is 79.1 Å². The fourth-order valence-corrected chi connectivity index (χ4v) is 10.4. The van der Waals surface area contributed by atoms with Crippen LogP contribution in [0.4, 0.5) is 0 Å². The van der Waals surface area contributed by atoms with Gasteiger partial charge in [-0.25, -0.2) is 0 Å². The number of methoxy groups -OCH3 is 1. The Bertz CT molecular complexity index is 1630. The predicted molar refractivity (Wildman–Crippen MR) is 238 cm³/mol. The molecule has 0 bridgehead atoms. The second-order valence-electron chi connectivity index (χ2n) is 17.9. The number of aromatic nitrogens is 1. The van der Waals surface area contributed by atoms with E-state index >= 15 is 0 Å². The SMILES string of the molecule is CCCCC/C=C\C/C=C\CCCCCCCCOC(=O)CCC(=O)O[C@H]1CC[C@@]2(C)C(=CC[C@@H]3[C@@H]2CC[C@]2(C)C(c4cccnc4)=CC[C@@H]32)C1.COC(=O)CCC(=O)O. The van der Waals surface area contributed by atoms with E-state index < -0.39 is 11.9 Å². The molecule has 6 atom stereocenters. The van der Waals surface area contributed by atoms with Gasteiger partial charge in [0.2, 0.25) is 0 Å². The number of unbranched alkanes of at least 4 members (excludes halogenated alkanes) is 9. The van der Waals surface area contributed by atoms with Gasteiger partial charge in [-0.05, 0) is 123 Å². The molecule has 60 heavy (non-hydrogen) atoms. The van der Waals surface area contributed by atoms with Crippen molar-refractivity contribution < 1.29 is 38.5 Å². The van der Waals surface area contributed by atoms with Crippen LogP contribution in [-0.2, 0) is 33.4 Å². The van der Waals surface area contributed by atoms with Gasteiger partial charge in [0.1, 0.15) is 6.10 Å². The molecule has 0 amide bonds. The van der Waals surface area contributed by atoms with E-state index in [9.17, 15) is 19.2 Å². The van der Waals surface area contributed by atoms with Crippen molar-refractivity contribution in [3.8, 4) is 0 Å². The molecule has 0 saturated heterocycles. The van der Waals surface area contributed by atoms with Crippen LogP contribution in [0.1, 0.15) is 174 Å². The molecule has 0 unspecified atom stereocenters. The van der Waals surface area contributed by atoms with Gasteiger partial charge in [0.05, 0.1) is 39.4 Å². The molecule has 4 aliphatic rings. The van der Waals surface area contributed by atoms with Gasteiger partial charge in [-0.3, -0.25) is 24.2 Å². The van der Waals surface area contributed by atoms with Crippen LogP contribution in [0.5, 0.6) is 0 Å². The average Bonchev–Trinajstić information content (AvgIpc) is 3.61. The van der Waals surface area contributed by atoms with Crippen molar-refractivity contribution in [2.24, 2.45) is 28.6 Å². The Hall–Kier alpha value is -4.01. The number of hydrogen-bond acceptors (Lipinski definition) is 8. The fraction of sp³-hybridized carbons (Fsp3) is 0.667. The minimum Gasteiger partial charge on any atom is -0.481 e. The van der Waals surface area contributed by atoms with Crippen molar-refractivity contribution in [2.75, 3.05) is 13.7 Å². The summed E-state index contributed by atoms with van der Waals surface area (Å²) in [5.41, 5.74) is 4.72. The standard InChI is InChI=1S/C46H67NO4.C5H8O4/c1-4-5-6-7-8-9-10-11-12-13-14-15-16-17-18-19-33-50-43(48)26-27-44(49)51-38-28-30-45(2)37(34-38)22-23-39-41-25-24-40(36-21-20-32-47-35-36)46(41,3)31-29-42(39)45;1-9-5(8)3-2-4(6)7/h8-9,11-12,20-22,24,32,35,38-39,41-42H,4-7,10,13-19,23,25-31,33-34H2,1-3H3;2-3H2,1H3,(H,6,7)/b9-8-,12-11-;/t38-,39-,41-,42-,45-,46+;/m0./s1. The Labute approximate surface area is 360 Å². The minimum atomic E-state index is -0.986. The van der Waals surface area contributed by atoms with E-state index in [0.717, 1.165) is 51.4 Å². The minimum absolute atomic E-state index is 0.0498. The lowest BCUT2D eigenvalue weighted by Gasteiger charge is -2.57. The number of rotatable bonds is 23. The zero-order chi connectivity index (χ0) is 43.2. The van der Waals surface area contributed by atoms with Crippen LogP contribution in [0.3, 0.4) is 0 Å². The zero-order valence-corrected chi connectivity index (χ0v) is 37.3. The predicted octanol–water partition coefficient (Wildman–Crippen LogP) is 12.1. The molecule has 9 heteroatoms. The molecule has 0 spiro atoms. The number of aliphatic carboxylic acids is 1. The van der Waals surface area contributed by atoms with Gasteiger partial charge in [0.15, 0.2) is 0 Å². The monoisotopic (exact) mass is 830 g/mol. The van der Waals surface area contributed by atoms with Crippen LogP contribution >= 0.6 is 0 Å². The molecule has 1 aromatic rings. The first-order valence-corrected chi connectivity index (χ1v) is 23.3. The maximum atomic E-state index is 12.8. The summed E-state index contributed by atoms with van der Waals surface area (Å²) in [5, 5.41) is 8.05. The first-order chi connectivity index (χ1) is 29.0. The van der Waals surface area contributed by atoms with Crippen molar-refractivity contribution in [3.63, 3.8) is 0 Å². The summed E-state index contributed by atoms with van der Waals surface area (Å²) >= 11 is 0. The number of hydrogen-bond donors (Lipinski definition) is 1. The van der Waals surface area contributed by atoms with Crippen LogP contribution < -0.4 is 0 Å². The highest BCUT2D eigenvalue weighted by Crippen LogP contribution is 2.66. The van der Waals surface area contributed by atoms with Crippen molar-refractivity contribution >= 4 is 29.5 Å². The summed E-state index contributed by atoms with van der Waals surface area (Å²) in [6.07, 6.45) is 39.9. The first kappa shape index (κ1) is 48.7. The lowest BCUT2D eigenvalue weighted by molar-refractivity contribution is -0.155. The normalized spacial score (nSPS) is 25.5. The van der Waals surface area contributed by atoms with Gasteiger partial charge in [-0.15, -0.1) is 0 Å². The van der Waals surface area contributed by atoms with Crippen molar-refractivity contribution in [1.82, 2.24) is 4.98 Å². The summed E-state index contributed by atoms with van der Waals surface area (Å²) in [5.74, 6) is 0.0344. The summed E-state index contributed by atoms with van der Waals surface area (Å²) in [4.78, 5) is 49.5. The number of nitrogens with zero attached hydrogens (tertiary/aromatic N) is 1. The molecule has 0 aliphatic heterocycles. The van der Waals surface area contributed by atoms with E-state index in [0.29, 0.717) is 24.4 Å². The lowest BCUT2D eigenvalue weighted by atomic mass is 9.47. The highest BCUT2D eigenvalue weighted by atomic mass is 16.5. The Kier molecular flexibility index (Phi) is 20.8. The molecule has 5 rings (SSSR count). The molecule has 4 aliphatic carbocycles. The maximum Gasteiger partial charge on any atom is 0.306 e. The Balaban J connectivity index is 0.000000790. The Morgan fingerprint density at radius 2 is 1.47 bits per heavy atom. The number of pyridine rings is 1. The molecule has 332 valence electrons. The molecule has 2 saturated carbocycles. The average molecular weight is 830 g/mol. The number of carboxylic acid groups (broad SMARTS) is 1. The van der Waals surface area contributed by atoms with E-state index in [1.165, 1.54) is 94.4 Å². The van der Waals surface area contributed by atoms with Crippen LogP contribution in [-0.4, -0.2) is 53.8 Å². The number of carbonyl (C=O) groups excluding carboxylic acids is 3. The molecular weight excluding hydrogens is 755 g/mol. The number of fused-ring (bicyclic) bond motifs is 5. The van der Waals surface area contributed by atoms with Gasteiger partial charge in [0, 0.05) is 18.8 Å². The number of carbonyl (C=O) groups is 4. The molecule has 1 N–H and O–H groups in total. The van der Waals surface area contributed by atoms with Crippen LogP contribution in [0.25, 0.3) is 5.57 Å². The zero-order valence-electron chi connectivity index (χ0n) is 37.3. The van der Waals surface area contributed by atoms with E-state index in [1.807, 2.05) is 12.4 Å². The second kappa shape index (κ2) is 25.7. The third kappa shape index (κ3) is 14.9. The summed E-state index contributed by atoms with van der Waals surface area (Å²) in [6.45, 7) is 7.69. The Morgan fingerprint density at radius 1 is 0.783 bits per heavy atom. The van der Waals surface area contributed by atoms with Gasteiger partial charge in [-0.1, -0.05) is 107 Å². The maximum absolute atomic E-state index is 12.8.